The maximum atomic E-state index is 5.20. The smallest absolute Gasteiger partial charge is 0.164 e. The lowest BCUT2D eigenvalue weighted by atomic mass is 9.54. The van der Waals surface area contributed by atoms with Gasteiger partial charge in [-0.3, -0.25) is 0 Å². The summed E-state index contributed by atoms with van der Waals surface area (Å²) in [4.78, 5) is 18.0. The summed E-state index contributed by atoms with van der Waals surface area (Å²) >= 11 is 1.88. The molecule has 4 heteroatoms. The van der Waals surface area contributed by atoms with Crippen molar-refractivity contribution in [3.8, 4) is 45.3 Å². The summed E-state index contributed by atoms with van der Waals surface area (Å²) in [5.41, 5.74) is 12.5. The molecular weight excluding hydrogens is 759 g/mol. The van der Waals surface area contributed by atoms with Crippen molar-refractivity contribution in [2.24, 2.45) is 0 Å². The van der Waals surface area contributed by atoms with E-state index in [1.165, 1.54) is 59.3 Å². The van der Waals surface area contributed by atoms with Crippen molar-refractivity contribution < 1.29 is 0 Å². The highest BCUT2D eigenvalue weighted by atomic mass is 32.2. The zero-order valence-electron chi connectivity index (χ0n) is 33.8. The predicted molar refractivity (Wildman–Crippen MR) is 251 cm³/mol. The van der Waals surface area contributed by atoms with Crippen LogP contribution in [0.2, 0.25) is 0 Å². The molecule has 0 saturated carbocycles. The lowest BCUT2D eigenvalue weighted by molar-refractivity contribution is 0.549. The molecule has 0 fully saturated rings. The van der Waals surface area contributed by atoms with Crippen molar-refractivity contribution in [3.05, 3.63) is 234 Å². The van der Waals surface area contributed by atoms with Crippen LogP contribution in [0.15, 0.2) is 210 Å². The standard InChI is InChI=1S/C57H39N3S/c1-56(2)45-21-8-9-22-46(45)57(48-23-10-12-25-51(48)61-52-26-13-11-24-49(52)57)47-32-30-39(35-50(47)56)38-18-14-19-41(33-38)54-58-53(37-16-4-3-5-17-37)59-55(60-54)42-29-31-44-40(34-42)28-27-36-15-6-7-20-43(36)44/h3-35H,1-2H3. The maximum Gasteiger partial charge on any atom is 0.164 e. The number of nitrogens with zero attached hydrogens (tertiary/aromatic N) is 3. The summed E-state index contributed by atoms with van der Waals surface area (Å²) in [6, 6.07) is 72.7. The zero-order chi connectivity index (χ0) is 40.7. The Kier molecular flexibility index (Phi) is 8.04. The first kappa shape index (κ1) is 35.8. The molecule has 0 N–H and O–H groups in total. The summed E-state index contributed by atoms with van der Waals surface area (Å²) in [7, 11) is 0. The largest absolute Gasteiger partial charge is 0.208 e. The van der Waals surface area contributed by atoms with Gasteiger partial charge in [-0.15, -0.1) is 0 Å². The predicted octanol–water partition coefficient (Wildman–Crippen LogP) is 14.3. The third-order valence-corrected chi connectivity index (χ3v) is 14.2. The first-order valence-corrected chi connectivity index (χ1v) is 21.7. The monoisotopic (exact) mass is 797 g/mol. The van der Waals surface area contributed by atoms with E-state index in [1.807, 2.05) is 30.0 Å². The highest BCUT2D eigenvalue weighted by Gasteiger charge is 2.52. The summed E-state index contributed by atoms with van der Waals surface area (Å²) in [6.07, 6.45) is 0. The van der Waals surface area contributed by atoms with E-state index in [1.54, 1.807) is 0 Å². The Morgan fingerprint density at radius 1 is 0.328 bits per heavy atom. The van der Waals surface area contributed by atoms with Crippen molar-refractivity contribution in [2.75, 3.05) is 0 Å². The molecule has 0 atom stereocenters. The van der Waals surface area contributed by atoms with Crippen molar-refractivity contribution in [2.45, 2.75) is 34.5 Å². The number of hydrogen-bond donors (Lipinski definition) is 0. The van der Waals surface area contributed by atoms with Gasteiger partial charge in [0.15, 0.2) is 17.5 Å². The summed E-state index contributed by atoms with van der Waals surface area (Å²) < 4.78 is 0. The first-order valence-electron chi connectivity index (χ1n) is 20.9. The van der Waals surface area contributed by atoms with E-state index >= 15 is 0 Å². The molecule has 0 radical (unpaired) electrons. The average molecular weight is 798 g/mol. The van der Waals surface area contributed by atoms with Gasteiger partial charge in [0.05, 0.1) is 5.41 Å². The summed E-state index contributed by atoms with van der Waals surface area (Å²) in [5, 5.41) is 4.83. The van der Waals surface area contributed by atoms with Crippen LogP contribution in [0, 0.1) is 0 Å². The van der Waals surface area contributed by atoms with Gasteiger partial charge in [-0.1, -0.05) is 195 Å². The molecular formula is C57H39N3S. The van der Waals surface area contributed by atoms with Crippen LogP contribution in [0.1, 0.15) is 47.2 Å². The molecule has 1 aromatic heterocycles. The van der Waals surface area contributed by atoms with Crippen LogP contribution in [0.25, 0.3) is 66.8 Å². The van der Waals surface area contributed by atoms with Gasteiger partial charge in [-0.05, 0) is 96.4 Å². The van der Waals surface area contributed by atoms with Crippen LogP contribution in [-0.2, 0) is 10.8 Å². The van der Waals surface area contributed by atoms with Gasteiger partial charge in [-0.25, -0.2) is 15.0 Å². The number of benzene rings is 9. The van der Waals surface area contributed by atoms with Crippen LogP contribution in [0.5, 0.6) is 0 Å². The molecule has 0 saturated heterocycles. The van der Waals surface area contributed by atoms with E-state index in [4.69, 9.17) is 15.0 Å². The molecule has 2 aliphatic rings. The molecule has 1 aliphatic carbocycles. The van der Waals surface area contributed by atoms with Crippen LogP contribution < -0.4 is 0 Å². The fourth-order valence-electron chi connectivity index (χ4n) is 10.1. The van der Waals surface area contributed by atoms with Gasteiger partial charge in [0.25, 0.3) is 0 Å². The molecule has 0 amide bonds. The second kappa shape index (κ2) is 13.7. The lowest BCUT2D eigenvalue weighted by Gasteiger charge is -2.50. The van der Waals surface area contributed by atoms with Crippen molar-refractivity contribution in [3.63, 3.8) is 0 Å². The second-order valence-corrected chi connectivity index (χ2v) is 17.8. The van der Waals surface area contributed by atoms with Crippen molar-refractivity contribution in [1.29, 1.82) is 0 Å². The maximum absolute atomic E-state index is 5.20. The van der Waals surface area contributed by atoms with Gasteiger partial charge in [-0.2, -0.15) is 0 Å². The topological polar surface area (TPSA) is 38.7 Å². The first-order chi connectivity index (χ1) is 30.0. The quantitative estimate of drug-likeness (QED) is 0.166. The fraction of sp³-hybridized carbons (Fsp3) is 0.0702. The Labute approximate surface area is 359 Å². The highest BCUT2D eigenvalue weighted by Crippen LogP contribution is 2.61. The summed E-state index contributed by atoms with van der Waals surface area (Å²) in [5.74, 6) is 1.94. The van der Waals surface area contributed by atoms with E-state index in [9.17, 15) is 0 Å². The van der Waals surface area contributed by atoms with Crippen LogP contribution in [0.4, 0.5) is 0 Å². The Hall–Kier alpha value is -7.14. The molecule has 3 nitrogen and oxygen atoms in total. The third kappa shape index (κ3) is 5.49. The molecule has 1 spiro atoms. The van der Waals surface area contributed by atoms with Crippen molar-refractivity contribution in [1.82, 2.24) is 15.0 Å². The fourth-order valence-corrected chi connectivity index (χ4v) is 11.3. The molecule has 0 unspecified atom stereocenters. The number of fused-ring (bicyclic) bond motifs is 11. The second-order valence-electron chi connectivity index (χ2n) is 16.8. The minimum atomic E-state index is -0.453. The Morgan fingerprint density at radius 3 is 1.59 bits per heavy atom. The Bertz CT molecular complexity index is 3340. The number of hydrogen-bond acceptors (Lipinski definition) is 4. The Morgan fingerprint density at radius 2 is 0.836 bits per heavy atom. The number of rotatable bonds is 4. The number of aromatic nitrogens is 3. The van der Waals surface area contributed by atoms with Gasteiger partial charge >= 0.3 is 0 Å². The Balaban J connectivity index is 1.02. The molecule has 9 aromatic carbocycles. The van der Waals surface area contributed by atoms with Crippen LogP contribution >= 0.6 is 11.8 Å². The van der Waals surface area contributed by atoms with Gasteiger partial charge in [0, 0.05) is 31.9 Å². The molecule has 2 heterocycles. The van der Waals surface area contributed by atoms with E-state index in [-0.39, 0.29) is 5.41 Å². The van der Waals surface area contributed by atoms with E-state index < -0.39 is 5.41 Å². The molecule has 61 heavy (non-hydrogen) atoms. The van der Waals surface area contributed by atoms with E-state index in [0.29, 0.717) is 17.5 Å². The molecule has 12 rings (SSSR count). The minimum Gasteiger partial charge on any atom is -0.208 e. The molecule has 1 aliphatic heterocycles. The third-order valence-electron chi connectivity index (χ3n) is 13.0. The minimum absolute atomic E-state index is 0.251. The molecule has 0 bridgehead atoms. The molecule has 288 valence electrons. The normalized spacial score (nSPS) is 14.3. The van der Waals surface area contributed by atoms with Crippen LogP contribution in [-0.4, -0.2) is 15.0 Å². The zero-order valence-corrected chi connectivity index (χ0v) is 34.6. The average Bonchev–Trinajstić information content (AvgIpc) is 3.33. The van der Waals surface area contributed by atoms with Crippen LogP contribution in [0.3, 0.4) is 0 Å². The van der Waals surface area contributed by atoms with E-state index in [0.717, 1.165) is 33.2 Å². The molecule has 10 aromatic rings. The van der Waals surface area contributed by atoms with Gasteiger partial charge < -0.3 is 0 Å². The SMILES string of the molecule is CC1(C)c2ccccc2C2(c3ccccc3Sc3ccccc32)c2ccc(-c3cccc(-c4nc(-c5ccccc5)nc(-c5ccc6c(ccc7ccccc76)c5)n4)c3)cc21. The highest BCUT2D eigenvalue weighted by molar-refractivity contribution is 7.99. The lowest BCUT2D eigenvalue weighted by Crippen LogP contribution is -2.43. The van der Waals surface area contributed by atoms with Gasteiger partial charge in [0.2, 0.25) is 0 Å². The summed E-state index contributed by atoms with van der Waals surface area (Å²) in [6.45, 7) is 4.78. The van der Waals surface area contributed by atoms with Crippen molar-refractivity contribution >= 4 is 33.3 Å². The van der Waals surface area contributed by atoms with Gasteiger partial charge in [0.1, 0.15) is 0 Å². The van der Waals surface area contributed by atoms with E-state index in [2.05, 4.69) is 196 Å².